The summed E-state index contributed by atoms with van der Waals surface area (Å²) >= 11 is 4.72. The minimum atomic E-state index is -0.355. The van der Waals surface area contributed by atoms with E-state index in [1.165, 1.54) is 17.8 Å². The number of hydrogen-bond acceptors (Lipinski definition) is 4. The van der Waals surface area contributed by atoms with Crippen LogP contribution in [0.25, 0.3) is 0 Å². The normalized spacial score (nSPS) is 12.3. The average Bonchev–Trinajstić information content (AvgIpc) is 2.35. The molecular formula is C12H7BrN2O2S. The molecule has 6 heteroatoms. The van der Waals surface area contributed by atoms with Crippen molar-refractivity contribution < 1.29 is 4.92 Å². The van der Waals surface area contributed by atoms with E-state index in [4.69, 9.17) is 0 Å². The molecule has 0 aromatic heterocycles. The predicted octanol–water partition coefficient (Wildman–Crippen LogP) is 4.57. The van der Waals surface area contributed by atoms with Gasteiger partial charge < -0.3 is 5.32 Å². The molecule has 0 atom stereocenters. The van der Waals surface area contributed by atoms with Gasteiger partial charge in [0.15, 0.2) is 0 Å². The van der Waals surface area contributed by atoms with E-state index in [1.807, 2.05) is 30.3 Å². The van der Waals surface area contributed by atoms with Gasteiger partial charge in [-0.05, 0) is 18.2 Å². The second kappa shape index (κ2) is 4.29. The summed E-state index contributed by atoms with van der Waals surface area (Å²) in [7, 11) is 0. The summed E-state index contributed by atoms with van der Waals surface area (Å²) in [6.07, 6.45) is 0. The van der Waals surface area contributed by atoms with E-state index in [9.17, 15) is 10.1 Å². The molecule has 4 nitrogen and oxygen atoms in total. The fourth-order valence-electron chi connectivity index (χ4n) is 1.83. The summed E-state index contributed by atoms with van der Waals surface area (Å²) in [6, 6.07) is 11.1. The largest absolute Gasteiger partial charge is 0.353 e. The maximum atomic E-state index is 11.1. The van der Waals surface area contributed by atoms with Crippen LogP contribution in [-0.4, -0.2) is 4.92 Å². The van der Waals surface area contributed by atoms with Crippen molar-refractivity contribution in [1.29, 1.82) is 0 Å². The maximum absolute atomic E-state index is 11.1. The van der Waals surface area contributed by atoms with Crippen LogP contribution < -0.4 is 5.32 Å². The van der Waals surface area contributed by atoms with E-state index in [0.29, 0.717) is 9.37 Å². The number of benzene rings is 2. The van der Waals surface area contributed by atoms with Gasteiger partial charge in [-0.1, -0.05) is 39.8 Å². The number of para-hydroxylation sites is 1. The lowest BCUT2D eigenvalue weighted by atomic mass is 10.2. The van der Waals surface area contributed by atoms with Gasteiger partial charge in [0.25, 0.3) is 5.69 Å². The molecule has 1 aliphatic rings. The van der Waals surface area contributed by atoms with Crippen molar-refractivity contribution in [2.45, 2.75) is 9.79 Å². The van der Waals surface area contributed by atoms with Crippen molar-refractivity contribution >= 4 is 44.8 Å². The molecule has 1 aliphatic heterocycles. The molecule has 18 heavy (non-hydrogen) atoms. The fraction of sp³-hybridized carbons (Fsp3) is 0. The molecule has 0 saturated carbocycles. The van der Waals surface area contributed by atoms with Crippen LogP contribution in [-0.2, 0) is 0 Å². The molecule has 0 amide bonds. The number of hydrogen-bond donors (Lipinski definition) is 1. The van der Waals surface area contributed by atoms with Gasteiger partial charge >= 0.3 is 0 Å². The second-order valence-corrected chi connectivity index (χ2v) is 5.75. The molecule has 0 bridgehead atoms. The number of nitro benzene ring substituents is 1. The molecule has 0 saturated heterocycles. The Hall–Kier alpha value is -1.53. The molecule has 1 N–H and O–H groups in total. The SMILES string of the molecule is O=[N+]([O-])c1cc(Br)cc2c1Sc1ccccc1N2. The van der Waals surface area contributed by atoms with Gasteiger partial charge in [-0.3, -0.25) is 10.1 Å². The molecule has 0 spiro atoms. The molecule has 2 aromatic carbocycles. The third-order valence-electron chi connectivity index (χ3n) is 2.60. The molecule has 0 unspecified atom stereocenters. The highest BCUT2D eigenvalue weighted by Gasteiger charge is 2.25. The molecular weight excluding hydrogens is 316 g/mol. The number of fused-ring (bicyclic) bond motifs is 2. The van der Waals surface area contributed by atoms with Gasteiger partial charge in [0.1, 0.15) is 4.90 Å². The van der Waals surface area contributed by atoms with Gasteiger partial charge in [-0.25, -0.2) is 0 Å². The third kappa shape index (κ3) is 1.87. The Bertz CT molecular complexity index is 661. The monoisotopic (exact) mass is 322 g/mol. The van der Waals surface area contributed by atoms with Gasteiger partial charge in [-0.2, -0.15) is 0 Å². The van der Waals surface area contributed by atoms with Crippen LogP contribution in [0.4, 0.5) is 17.1 Å². The first kappa shape index (κ1) is 11.6. The van der Waals surface area contributed by atoms with Gasteiger partial charge in [0.05, 0.1) is 16.3 Å². The smallest absolute Gasteiger partial charge is 0.286 e. The molecule has 0 aliphatic carbocycles. The first-order valence-corrected chi connectivity index (χ1v) is 6.78. The molecule has 0 radical (unpaired) electrons. The number of anilines is 2. The number of halogens is 1. The average molecular weight is 323 g/mol. The lowest BCUT2D eigenvalue weighted by Gasteiger charge is -2.20. The van der Waals surface area contributed by atoms with Gasteiger partial charge in [0.2, 0.25) is 0 Å². The highest BCUT2D eigenvalue weighted by atomic mass is 79.9. The lowest BCUT2D eigenvalue weighted by Crippen LogP contribution is -2.02. The third-order valence-corrected chi connectivity index (χ3v) is 4.27. The van der Waals surface area contributed by atoms with Crippen LogP contribution in [0.3, 0.4) is 0 Å². The zero-order valence-electron chi connectivity index (χ0n) is 9.01. The van der Waals surface area contributed by atoms with Crippen molar-refractivity contribution in [2.75, 3.05) is 5.32 Å². The Balaban J connectivity index is 2.18. The van der Waals surface area contributed by atoms with Crippen molar-refractivity contribution in [1.82, 2.24) is 0 Å². The fourth-order valence-corrected chi connectivity index (χ4v) is 3.33. The van der Waals surface area contributed by atoms with E-state index in [-0.39, 0.29) is 10.6 Å². The second-order valence-electron chi connectivity index (χ2n) is 3.78. The van der Waals surface area contributed by atoms with E-state index < -0.39 is 0 Å². The molecule has 2 aromatic rings. The molecule has 0 fully saturated rings. The van der Waals surface area contributed by atoms with E-state index in [0.717, 1.165) is 16.3 Å². The first-order chi connectivity index (χ1) is 8.65. The van der Waals surface area contributed by atoms with Crippen molar-refractivity contribution in [3.05, 3.63) is 51.0 Å². The number of nitro groups is 1. The van der Waals surface area contributed by atoms with Gasteiger partial charge in [0, 0.05) is 15.4 Å². The predicted molar refractivity (Wildman–Crippen MR) is 74.6 cm³/mol. The van der Waals surface area contributed by atoms with Crippen LogP contribution in [0.15, 0.2) is 50.7 Å². The molecule has 1 heterocycles. The van der Waals surface area contributed by atoms with Crippen LogP contribution in [0.2, 0.25) is 0 Å². The quantitative estimate of drug-likeness (QED) is 0.527. The zero-order chi connectivity index (χ0) is 12.7. The Morgan fingerprint density at radius 1 is 1.22 bits per heavy atom. The standard InChI is InChI=1S/C12H7BrN2O2S/c13-7-5-9-12(10(6-7)15(16)17)18-11-4-2-1-3-8(11)14-9/h1-6,14H. The van der Waals surface area contributed by atoms with Crippen molar-refractivity contribution in [3.63, 3.8) is 0 Å². The Morgan fingerprint density at radius 2 is 2.00 bits per heavy atom. The zero-order valence-corrected chi connectivity index (χ0v) is 11.4. The summed E-state index contributed by atoms with van der Waals surface area (Å²) in [4.78, 5) is 12.4. The Morgan fingerprint density at radius 3 is 2.78 bits per heavy atom. The summed E-state index contributed by atoms with van der Waals surface area (Å²) in [5.74, 6) is 0. The van der Waals surface area contributed by atoms with Crippen molar-refractivity contribution in [3.8, 4) is 0 Å². The van der Waals surface area contributed by atoms with Gasteiger partial charge in [-0.15, -0.1) is 0 Å². The minimum absolute atomic E-state index is 0.117. The topological polar surface area (TPSA) is 55.2 Å². The number of nitrogens with one attached hydrogen (secondary N) is 1. The van der Waals surface area contributed by atoms with Crippen molar-refractivity contribution in [2.24, 2.45) is 0 Å². The first-order valence-electron chi connectivity index (χ1n) is 5.17. The highest BCUT2D eigenvalue weighted by Crippen LogP contribution is 2.49. The summed E-state index contributed by atoms with van der Waals surface area (Å²) in [5, 5.41) is 14.3. The van der Waals surface area contributed by atoms with Crippen LogP contribution >= 0.6 is 27.7 Å². The van der Waals surface area contributed by atoms with Crippen LogP contribution in [0.1, 0.15) is 0 Å². The lowest BCUT2D eigenvalue weighted by molar-refractivity contribution is -0.387. The molecule has 90 valence electrons. The Labute approximate surface area is 116 Å². The van der Waals surface area contributed by atoms with E-state index >= 15 is 0 Å². The Kier molecular flexibility index (Phi) is 2.76. The number of nitrogens with zero attached hydrogens (tertiary/aromatic N) is 1. The minimum Gasteiger partial charge on any atom is -0.353 e. The number of rotatable bonds is 1. The van der Waals surface area contributed by atoms with Crippen LogP contribution in [0.5, 0.6) is 0 Å². The summed E-state index contributed by atoms with van der Waals surface area (Å²) < 4.78 is 0.695. The summed E-state index contributed by atoms with van der Waals surface area (Å²) in [6.45, 7) is 0. The van der Waals surface area contributed by atoms with Crippen LogP contribution in [0, 0.1) is 10.1 Å². The van der Waals surface area contributed by atoms with E-state index in [1.54, 1.807) is 0 Å². The highest BCUT2D eigenvalue weighted by molar-refractivity contribution is 9.10. The van der Waals surface area contributed by atoms with E-state index in [2.05, 4.69) is 21.2 Å². The molecule has 3 rings (SSSR count). The maximum Gasteiger partial charge on any atom is 0.286 e. The summed E-state index contributed by atoms with van der Waals surface area (Å²) in [5.41, 5.74) is 1.86.